The van der Waals surface area contributed by atoms with Crippen LogP contribution < -0.4 is 9.47 Å². The first kappa shape index (κ1) is 17.3. The second-order valence-electron chi connectivity index (χ2n) is 6.60. The molecule has 0 saturated carbocycles. The van der Waals surface area contributed by atoms with Gasteiger partial charge in [0.05, 0.1) is 22.0 Å². The molecular weight excluding hydrogens is 342 g/mol. The van der Waals surface area contributed by atoms with Crippen LogP contribution in [0.15, 0.2) is 42.6 Å². The molecule has 0 atom stereocenters. The summed E-state index contributed by atoms with van der Waals surface area (Å²) in [6.45, 7) is 3.94. The fourth-order valence-electron chi connectivity index (χ4n) is 2.82. The van der Waals surface area contributed by atoms with E-state index in [0.717, 1.165) is 6.20 Å². The fraction of sp³-hybridized carbons (Fsp3) is 0.235. The normalized spacial score (nSPS) is 15.2. The molecule has 1 aliphatic heterocycles. The molecule has 9 heteroatoms. The van der Waals surface area contributed by atoms with Gasteiger partial charge in [0.25, 0.3) is 5.69 Å². The number of rotatable bonds is 3. The lowest BCUT2D eigenvalue weighted by Crippen LogP contribution is -2.32. The molecule has 0 spiro atoms. The van der Waals surface area contributed by atoms with Crippen molar-refractivity contribution in [2.75, 3.05) is 6.61 Å². The van der Waals surface area contributed by atoms with E-state index < -0.39 is 15.3 Å². The zero-order valence-electron chi connectivity index (χ0n) is 14.0. The molecule has 0 fully saturated rings. The van der Waals surface area contributed by atoms with Gasteiger partial charge in [-0.25, -0.2) is 0 Å². The number of fused-ring (bicyclic) bond motifs is 1. The Morgan fingerprint density at radius 1 is 1.15 bits per heavy atom. The van der Waals surface area contributed by atoms with Gasteiger partial charge in [-0.1, -0.05) is 19.9 Å². The highest BCUT2D eigenvalue weighted by molar-refractivity contribution is 5.85. The maximum absolute atomic E-state index is 12.4. The van der Waals surface area contributed by atoms with Crippen LogP contribution in [0.1, 0.15) is 25.1 Å². The lowest BCUT2D eigenvalue weighted by Gasteiger charge is -2.18. The number of aromatic nitrogens is 1. The maximum Gasteiger partial charge on any atom is 0.342 e. The minimum Gasteiger partial charge on any atom is -0.618 e. The Hall–Kier alpha value is -3.49. The number of nitrogens with zero attached hydrogens (tertiary/aromatic N) is 3. The van der Waals surface area contributed by atoms with Crippen molar-refractivity contribution in [2.45, 2.75) is 13.8 Å². The van der Waals surface area contributed by atoms with Gasteiger partial charge < -0.3 is 9.94 Å². The summed E-state index contributed by atoms with van der Waals surface area (Å²) in [5.41, 5.74) is -0.826. The molecule has 0 bridgehead atoms. The first-order valence-corrected chi connectivity index (χ1v) is 7.71. The Morgan fingerprint density at radius 3 is 2.54 bits per heavy atom. The van der Waals surface area contributed by atoms with Gasteiger partial charge in [0.2, 0.25) is 0 Å². The molecule has 0 unspecified atom stereocenters. The van der Waals surface area contributed by atoms with Gasteiger partial charge >= 0.3 is 11.4 Å². The maximum atomic E-state index is 12.4. The van der Waals surface area contributed by atoms with E-state index >= 15 is 0 Å². The van der Waals surface area contributed by atoms with Crippen molar-refractivity contribution in [3.63, 3.8) is 0 Å². The predicted octanol–water partition coefficient (Wildman–Crippen LogP) is 2.99. The standard InChI is InChI=1S/C17H15N3O6/c1-17(2)9-13(16-14(20(24)25)4-3-7-18(16)21)12-8-11(19(22)23)5-6-15(12)26-10-17/h3-9H,10H2,1-2H3. The quantitative estimate of drug-likeness (QED) is 0.360. The summed E-state index contributed by atoms with van der Waals surface area (Å²) in [7, 11) is 0. The van der Waals surface area contributed by atoms with Gasteiger partial charge in [0.1, 0.15) is 5.75 Å². The van der Waals surface area contributed by atoms with Crippen molar-refractivity contribution in [1.82, 2.24) is 0 Å². The van der Waals surface area contributed by atoms with Gasteiger partial charge in [0.15, 0.2) is 6.20 Å². The molecule has 0 N–H and O–H groups in total. The third-order valence-electron chi connectivity index (χ3n) is 3.99. The summed E-state index contributed by atoms with van der Waals surface area (Å²) in [5.74, 6) is 0.325. The van der Waals surface area contributed by atoms with Gasteiger partial charge in [-0.15, -0.1) is 0 Å². The van der Waals surface area contributed by atoms with Crippen LogP contribution in [-0.4, -0.2) is 16.5 Å². The largest absolute Gasteiger partial charge is 0.618 e. The highest BCUT2D eigenvalue weighted by Crippen LogP contribution is 2.41. The van der Waals surface area contributed by atoms with Crippen molar-refractivity contribution in [1.29, 1.82) is 0 Å². The summed E-state index contributed by atoms with van der Waals surface area (Å²) in [6.07, 6.45) is 2.83. The molecular formula is C17H15N3O6. The molecule has 0 radical (unpaired) electrons. The van der Waals surface area contributed by atoms with Crippen molar-refractivity contribution < 1.29 is 19.3 Å². The molecule has 0 amide bonds. The van der Waals surface area contributed by atoms with Crippen molar-refractivity contribution in [2.24, 2.45) is 5.41 Å². The second-order valence-corrected chi connectivity index (χ2v) is 6.60. The number of pyridine rings is 1. The van der Waals surface area contributed by atoms with E-state index in [4.69, 9.17) is 4.74 Å². The third-order valence-corrected chi connectivity index (χ3v) is 3.99. The van der Waals surface area contributed by atoms with Gasteiger partial charge in [-0.3, -0.25) is 20.2 Å². The molecule has 2 aromatic rings. The van der Waals surface area contributed by atoms with Gasteiger partial charge in [-0.2, -0.15) is 4.73 Å². The molecule has 9 nitrogen and oxygen atoms in total. The molecule has 26 heavy (non-hydrogen) atoms. The Balaban J connectivity index is 2.36. The van der Waals surface area contributed by atoms with Crippen LogP contribution >= 0.6 is 0 Å². The van der Waals surface area contributed by atoms with E-state index in [1.807, 2.05) is 13.8 Å². The van der Waals surface area contributed by atoms with Crippen molar-refractivity contribution in [3.05, 3.63) is 79.3 Å². The van der Waals surface area contributed by atoms with Crippen LogP contribution in [0.25, 0.3) is 5.57 Å². The summed E-state index contributed by atoms with van der Waals surface area (Å²) in [4.78, 5) is 21.4. The van der Waals surface area contributed by atoms with E-state index in [9.17, 15) is 25.4 Å². The monoisotopic (exact) mass is 357 g/mol. The zero-order chi connectivity index (χ0) is 19.1. The van der Waals surface area contributed by atoms with Gasteiger partial charge in [-0.05, 0) is 6.07 Å². The van der Waals surface area contributed by atoms with Crippen LogP contribution in [0.5, 0.6) is 5.75 Å². The van der Waals surface area contributed by atoms with E-state index in [0.29, 0.717) is 10.5 Å². The van der Waals surface area contributed by atoms with Crippen LogP contribution in [0.2, 0.25) is 0 Å². The predicted molar refractivity (Wildman–Crippen MR) is 91.5 cm³/mol. The highest BCUT2D eigenvalue weighted by atomic mass is 16.6. The first-order chi connectivity index (χ1) is 12.2. The Morgan fingerprint density at radius 2 is 1.88 bits per heavy atom. The molecule has 0 saturated heterocycles. The SMILES string of the molecule is CC1(C)C=C(c2c([N+](=O)[O-])ccc[n+]2[O-])c2cc([N+](=O)[O-])ccc2OC1. The molecule has 2 heterocycles. The number of hydrogen-bond acceptors (Lipinski definition) is 6. The smallest absolute Gasteiger partial charge is 0.342 e. The third kappa shape index (κ3) is 3.06. The van der Waals surface area contributed by atoms with E-state index in [1.165, 1.54) is 30.3 Å². The summed E-state index contributed by atoms with van der Waals surface area (Å²) < 4.78 is 6.13. The van der Waals surface area contributed by atoms with Crippen LogP contribution in [-0.2, 0) is 0 Å². The molecule has 0 aliphatic carbocycles. The summed E-state index contributed by atoms with van der Waals surface area (Å²) in [6, 6.07) is 6.49. The minimum atomic E-state index is -0.652. The molecule has 1 aromatic heterocycles. The molecule has 1 aliphatic rings. The molecule has 3 rings (SSSR count). The molecule has 134 valence electrons. The number of benzene rings is 1. The number of hydrogen-bond donors (Lipinski definition) is 0. The topological polar surface area (TPSA) is 122 Å². The minimum absolute atomic E-state index is 0.183. The van der Waals surface area contributed by atoms with E-state index in [2.05, 4.69) is 0 Å². The van der Waals surface area contributed by atoms with Crippen molar-refractivity contribution >= 4 is 16.9 Å². The number of non-ortho nitro benzene ring substituents is 1. The highest BCUT2D eigenvalue weighted by Gasteiger charge is 2.34. The Bertz CT molecular complexity index is 952. The van der Waals surface area contributed by atoms with Crippen LogP contribution in [0.3, 0.4) is 0 Å². The number of nitro benzene ring substituents is 1. The zero-order valence-corrected chi connectivity index (χ0v) is 14.0. The number of nitro groups is 2. The summed E-state index contributed by atoms with van der Waals surface area (Å²) in [5, 5.41) is 35.0. The van der Waals surface area contributed by atoms with E-state index in [-0.39, 0.29) is 34.8 Å². The lowest BCUT2D eigenvalue weighted by atomic mass is 9.88. The second kappa shape index (κ2) is 6.10. The first-order valence-electron chi connectivity index (χ1n) is 7.71. The van der Waals surface area contributed by atoms with Crippen molar-refractivity contribution in [3.8, 4) is 5.75 Å². The Kier molecular flexibility index (Phi) is 4.07. The average Bonchev–Trinajstić information content (AvgIpc) is 2.70. The lowest BCUT2D eigenvalue weighted by molar-refractivity contribution is -0.612. The molecule has 1 aromatic carbocycles. The van der Waals surface area contributed by atoms with Crippen LogP contribution in [0, 0.1) is 30.9 Å². The average molecular weight is 357 g/mol. The van der Waals surface area contributed by atoms with Crippen LogP contribution in [0.4, 0.5) is 11.4 Å². The summed E-state index contributed by atoms with van der Waals surface area (Å²) >= 11 is 0. The number of ether oxygens (including phenoxy) is 1. The van der Waals surface area contributed by atoms with E-state index in [1.54, 1.807) is 6.08 Å². The van der Waals surface area contributed by atoms with Gasteiger partial charge in [0, 0.05) is 35.2 Å². The Labute approximate surface area is 148 Å². The fourth-order valence-corrected chi connectivity index (χ4v) is 2.82.